The maximum Gasteiger partial charge on any atom is 0.337 e. The van der Waals surface area contributed by atoms with Crippen LogP contribution >= 0.6 is 0 Å². The van der Waals surface area contributed by atoms with E-state index in [1.54, 1.807) is 36.7 Å². The van der Waals surface area contributed by atoms with Crippen LogP contribution in [-0.4, -0.2) is 46.4 Å². The average molecular weight is 368 g/mol. The van der Waals surface area contributed by atoms with Crippen LogP contribution in [0.1, 0.15) is 53.3 Å². The lowest BCUT2D eigenvalue weighted by molar-refractivity contribution is 0.0595. The molecule has 0 bridgehead atoms. The van der Waals surface area contributed by atoms with E-state index in [1.165, 1.54) is 13.5 Å². The van der Waals surface area contributed by atoms with E-state index in [0.29, 0.717) is 23.1 Å². The first-order valence-electron chi connectivity index (χ1n) is 9.20. The van der Waals surface area contributed by atoms with Crippen LogP contribution in [0.3, 0.4) is 0 Å². The molecule has 0 aliphatic carbocycles. The van der Waals surface area contributed by atoms with E-state index in [1.807, 2.05) is 4.90 Å². The number of aromatic nitrogens is 2. The van der Waals surface area contributed by atoms with Crippen molar-refractivity contribution in [1.29, 1.82) is 0 Å². The summed E-state index contributed by atoms with van der Waals surface area (Å²) in [4.78, 5) is 34.7. The molecule has 7 heteroatoms. The normalized spacial score (nSPS) is 16.7. The number of likely N-dealkylation sites (tertiary alicyclic amines) is 1. The molecule has 142 valence electrons. The van der Waals surface area contributed by atoms with E-state index in [2.05, 4.69) is 26.9 Å². The Morgan fingerprint density at radius 3 is 2.48 bits per heavy atom. The van der Waals surface area contributed by atoms with Gasteiger partial charge in [0, 0.05) is 30.7 Å². The fourth-order valence-corrected chi connectivity index (χ4v) is 3.30. The molecule has 1 N–H and O–H groups in total. The molecule has 7 nitrogen and oxygen atoms in total. The summed E-state index contributed by atoms with van der Waals surface area (Å²) in [6.07, 6.45) is 7.36. The molecule has 1 amide bonds. The van der Waals surface area contributed by atoms with E-state index < -0.39 is 0 Å². The molecule has 1 aliphatic rings. The van der Waals surface area contributed by atoms with Gasteiger partial charge in [-0.05, 0) is 49.9 Å². The number of amides is 1. The van der Waals surface area contributed by atoms with E-state index >= 15 is 0 Å². The summed E-state index contributed by atoms with van der Waals surface area (Å²) in [5, 5.41) is 3.05. The third-order valence-electron chi connectivity index (χ3n) is 4.82. The number of piperidine rings is 1. The van der Waals surface area contributed by atoms with Gasteiger partial charge >= 0.3 is 5.97 Å². The van der Waals surface area contributed by atoms with Gasteiger partial charge < -0.3 is 15.0 Å². The lowest BCUT2D eigenvalue weighted by Crippen LogP contribution is -2.43. The minimum Gasteiger partial charge on any atom is -0.465 e. The summed E-state index contributed by atoms with van der Waals surface area (Å²) >= 11 is 0. The van der Waals surface area contributed by atoms with Crippen LogP contribution in [0.2, 0.25) is 0 Å². The molecule has 1 atom stereocenters. The Kier molecular flexibility index (Phi) is 6.01. The van der Waals surface area contributed by atoms with Crippen molar-refractivity contribution in [3.63, 3.8) is 0 Å². The SMILES string of the molecule is CCC1CCCCN1C(=O)c1cnc(Nc2ccc(C(=O)OC)cc2)nc1. The minimum atomic E-state index is -0.385. The Morgan fingerprint density at radius 2 is 1.85 bits per heavy atom. The first-order chi connectivity index (χ1) is 13.1. The largest absolute Gasteiger partial charge is 0.465 e. The topological polar surface area (TPSA) is 84.4 Å². The van der Waals surface area contributed by atoms with E-state index in [4.69, 9.17) is 0 Å². The number of carbonyl (C=O) groups is 2. The fourth-order valence-electron chi connectivity index (χ4n) is 3.30. The molecule has 27 heavy (non-hydrogen) atoms. The number of nitrogens with one attached hydrogen (secondary N) is 1. The monoisotopic (exact) mass is 368 g/mol. The highest BCUT2D eigenvalue weighted by molar-refractivity contribution is 5.94. The molecule has 0 spiro atoms. The van der Waals surface area contributed by atoms with Crippen molar-refractivity contribution in [3.8, 4) is 0 Å². The van der Waals surface area contributed by atoms with Gasteiger partial charge in [0.1, 0.15) is 0 Å². The Morgan fingerprint density at radius 1 is 1.15 bits per heavy atom. The predicted molar refractivity (Wildman–Crippen MR) is 102 cm³/mol. The number of hydrogen-bond donors (Lipinski definition) is 1. The third-order valence-corrected chi connectivity index (χ3v) is 4.82. The van der Waals surface area contributed by atoms with Crippen LogP contribution in [0.15, 0.2) is 36.7 Å². The van der Waals surface area contributed by atoms with Crippen LogP contribution in [0.25, 0.3) is 0 Å². The van der Waals surface area contributed by atoms with Crippen molar-refractivity contribution in [2.45, 2.75) is 38.6 Å². The van der Waals surface area contributed by atoms with Crippen molar-refractivity contribution < 1.29 is 14.3 Å². The number of nitrogens with zero attached hydrogens (tertiary/aromatic N) is 3. The second kappa shape index (κ2) is 8.62. The molecule has 2 heterocycles. The summed E-state index contributed by atoms with van der Waals surface area (Å²) in [7, 11) is 1.35. The second-order valence-corrected chi connectivity index (χ2v) is 6.55. The average Bonchev–Trinajstić information content (AvgIpc) is 2.73. The van der Waals surface area contributed by atoms with E-state index in [-0.39, 0.29) is 11.9 Å². The summed E-state index contributed by atoms with van der Waals surface area (Å²) in [6.45, 7) is 2.91. The third kappa shape index (κ3) is 4.42. The summed E-state index contributed by atoms with van der Waals surface area (Å²) < 4.78 is 4.68. The van der Waals surface area contributed by atoms with Gasteiger partial charge in [0.2, 0.25) is 5.95 Å². The summed E-state index contributed by atoms with van der Waals surface area (Å²) in [5.74, 6) is 0.00217. The highest BCUT2D eigenvalue weighted by Gasteiger charge is 2.26. The number of benzene rings is 1. The molecular formula is C20H24N4O3. The summed E-state index contributed by atoms with van der Waals surface area (Å²) in [5.41, 5.74) is 1.71. The van der Waals surface area contributed by atoms with Crippen molar-refractivity contribution in [3.05, 3.63) is 47.8 Å². The number of rotatable bonds is 5. The maximum atomic E-state index is 12.8. The van der Waals surface area contributed by atoms with E-state index in [0.717, 1.165) is 31.5 Å². The van der Waals surface area contributed by atoms with Crippen molar-refractivity contribution in [2.24, 2.45) is 0 Å². The Hall–Kier alpha value is -2.96. The van der Waals surface area contributed by atoms with E-state index in [9.17, 15) is 9.59 Å². The van der Waals surface area contributed by atoms with Crippen LogP contribution in [0.4, 0.5) is 11.6 Å². The summed E-state index contributed by atoms with van der Waals surface area (Å²) in [6, 6.07) is 7.11. The van der Waals surface area contributed by atoms with Crippen LogP contribution in [0, 0.1) is 0 Å². The van der Waals surface area contributed by atoms with Crippen molar-refractivity contribution in [1.82, 2.24) is 14.9 Å². The number of anilines is 2. The molecule has 0 saturated carbocycles. The number of methoxy groups -OCH3 is 1. The molecule has 1 fully saturated rings. The van der Waals surface area contributed by atoms with Crippen LogP contribution < -0.4 is 5.32 Å². The second-order valence-electron chi connectivity index (χ2n) is 6.55. The molecule has 0 radical (unpaired) electrons. The highest BCUT2D eigenvalue weighted by atomic mass is 16.5. The van der Waals surface area contributed by atoms with Gasteiger partial charge in [-0.1, -0.05) is 6.92 Å². The van der Waals surface area contributed by atoms with Crippen LogP contribution in [0.5, 0.6) is 0 Å². The molecule has 1 aromatic heterocycles. The van der Waals surface area contributed by atoms with Crippen molar-refractivity contribution >= 4 is 23.5 Å². The van der Waals surface area contributed by atoms with Gasteiger partial charge in [-0.3, -0.25) is 4.79 Å². The number of hydrogen-bond acceptors (Lipinski definition) is 6. The molecular weight excluding hydrogens is 344 g/mol. The fraction of sp³-hybridized carbons (Fsp3) is 0.400. The standard InChI is InChI=1S/C20H24N4O3/c1-3-17-6-4-5-11-24(17)18(25)15-12-21-20(22-13-15)23-16-9-7-14(8-10-16)19(26)27-2/h7-10,12-13,17H,3-6,11H2,1-2H3,(H,21,22,23). The Bertz CT molecular complexity index is 790. The van der Waals surface area contributed by atoms with Crippen molar-refractivity contribution in [2.75, 3.05) is 19.0 Å². The Labute approximate surface area is 158 Å². The quantitative estimate of drug-likeness (QED) is 0.814. The van der Waals surface area contributed by atoms with Gasteiger partial charge in [0.05, 0.1) is 18.2 Å². The van der Waals surface area contributed by atoms with Gasteiger partial charge in [0.15, 0.2) is 0 Å². The van der Waals surface area contributed by atoms with Gasteiger partial charge in [-0.2, -0.15) is 0 Å². The van der Waals surface area contributed by atoms with Gasteiger partial charge in [-0.25, -0.2) is 14.8 Å². The highest BCUT2D eigenvalue weighted by Crippen LogP contribution is 2.22. The zero-order chi connectivity index (χ0) is 19.2. The zero-order valence-corrected chi connectivity index (χ0v) is 15.6. The predicted octanol–water partition coefficient (Wildman–Crippen LogP) is 3.41. The van der Waals surface area contributed by atoms with Crippen LogP contribution in [-0.2, 0) is 4.74 Å². The number of carbonyl (C=O) groups excluding carboxylic acids is 2. The molecule has 1 unspecified atom stereocenters. The van der Waals surface area contributed by atoms with Gasteiger partial charge in [0.25, 0.3) is 5.91 Å². The smallest absolute Gasteiger partial charge is 0.337 e. The molecule has 3 rings (SSSR count). The van der Waals surface area contributed by atoms with Gasteiger partial charge in [-0.15, -0.1) is 0 Å². The first-order valence-corrected chi connectivity index (χ1v) is 9.20. The number of esters is 1. The molecule has 2 aromatic rings. The Balaban J connectivity index is 1.66. The molecule has 1 aromatic carbocycles. The molecule has 1 saturated heterocycles. The lowest BCUT2D eigenvalue weighted by Gasteiger charge is -2.35. The minimum absolute atomic E-state index is 0.00414. The number of ether oxygens (including phenoxy) is 1. The zero-order valence-electron chi connectivity index (χ0n) is 15.6. The maximum absolute atomic E-state index is 12.8. The molecule has 1 aliphatic heterocycles. The lowest BCUT2D eigenvalue weighted by atomic mass is 9.99. The first kappa shape index (κ1) is 18.8.